The summed E-state index contributed by atoms with van der Waals surface area (Å²) in [6.45, 7) is 5.83. The second-order valence-electron chi connectivity index (χ2n) is 5.39. The minimum Gasteiger partial charge on any atom is -0.348 e. The van der Waals surface area contributed by atoms with Gasteiger partial charge in [-0.25, -0.2) is 4.98 Å². The molecule has 0 aliphatic carbocycles. The highest BCUT2D eigenvalue weighted by atomic mass is 16.5. The largest absolute Gasteiger partial charge is 0.348 e. The molecule has 2 unspecified atom stereocenters. The number of carbonyl (C=O) groups excluding carboxylic acids is 1. The van der Waals surface area contributed by atoms with E-state index in [0.29, 0.717) is 17.2 Å². The minimum absolute atomic E-state index is 0.0967. The molecule has 106 valence electrons. The number of carbonyl (C=O) groups is 1. The molecular weight excluding hydrogens is 256 g/mol. The van der Waals surface area contributed by atoms with Crippen LogP contribution in [0.25, 0.3) is 11.1 Å². The van der Waals surface area contributed by atoms with Gasteiger partial charge in [0.1, 0.15) is 0 Å². The molecular formula is C14H18N4O2. The monoisotopic (exact) mass is 274 g/mol. The van der Waals surface area contributed by atoms with E-state index >= 15 is 0 Å². The number of nitrogens with zero attached hydrogens (tertiary/aromatic N) is 2. The van der Waals surface area contributed by atoms with E-state index in [0.717, 1.165) is 30.6 Å². The number of hydrogen-bond acceptors (Lipinski definition) is 5. The van der Waals surface area contributed by atoms with Crippen LogP contribution in [0, 0.1) is 12.8 Å². The van der Waals surface area contributed by atoms with Gasteiger partial charge in [0.2, 0.25) is 0 Å². The highest BCUT2D eigenvalue weighted by Crippen LogP contribution is 2.17. The van der Waals surface area contributed by atoms with E-state index in [2.05, 4.69) is 27.7 Å². The molecule has 0 spiro atoms. The maximum atomic E-state index is 12.3. The number of fused-ring (bicyclic) bond motifs is 1. The molecule has 2 aromatic heterocycles. The van der Waals surface area contributed by atoms with Crippen LogP contribution in [0.4, 0.5) is 0 Å². The van der Waals surface area contributed by atoms with Crippen molar-refractivity contribution in [2.24, 2.45) is 5.92 Å². The van der Waals surface area contributed by atoms with Crippen molar-refractivity contribution in [3.8, 4) is 0 Å². The van der Waals surface area contributed by atoms with Gasteiger partial charge in [0.05, 0.1) is 16.6 Å². The smallest absolute Gasteiger partial charge is 0.257 e. The minimum atomic E-state index is -0.0967. The maximum absolute atomic E-state index is 12.3. The van der Waals surface area contributed by atoms with Crippen LogP contribution in [0.5, 0.6) is 0 Å². The molecule has 0 aromatic carbocycles. The van der Waals surface area contributed by atoms with Crippen molar-refractivity contribution in [2.45, 2.75) is 26.3 Å². The van der Waals surface area contributed by atoms with Crippen LogP contribution >= 0.6 is 0 Å². The molecule has 3 heterocycles. The van der Waals surface area contributed by atoms with Gasteiger partial charge in [0, 0.05) is 18.8 Å². The summed E-state index contributed by atoms with van der Waals surface area (Å²) in [5.74, 6) is 0.384. The quantitative estimate of drug-likeness (QED) is 0.861. The first-order chi connectivity index (χ1) is 9.65. The summed E-state index contributed by atoms with van der Waals surface area (Å²) in [7, 11) is 0. The van der Waals surface area contributed by atoms with E-state index in [1.165, 1.54) is 6.20 Å². The van der Waals surface area contributed by atoms with Crippen molar-refractivity contribution in [3.63, 3.8) is 0 Å². The number of aryl methyl sites for hydroxylation is 1. The molecule has 1 saturated heterocycles. The van der Waals surface area contributed by atoms with Crippen LogP contribution in [0.3, 0.4) is 0 Å². The van der Waals surface area contributed by atoms with Crippen LogP contribution in [0.2, 0.25) is 0 Å². The van der Waals surface area contributed by atoms with Gasteiger partial charge in [-0.05, 0) is 31.9 Å². The second-order valence-corrected chi connectivity index (χ2v) is 5.39. The van der Waals surface area contributed by atoms with Crippen LogP contribution in [0.15, 0.2) is 16.8 Å². The number of piperidine rings is 1. The fraction of sp³-hybridized carbons (Fsp3) is 0.500. The van der Waals surface area contributed by atoms with Gasteiger partial charge in [-0.15, -0.1) is 0 Å². The Balaban J connectivity index is 1.79. The molecule has 20 heavy (non-hydrogen) atoms. The van der Waals surface area contributed by atoms with Crippen molar-refractivity contribution in [3.05, 3.63) is 23.5 Å². The number of amides is 1. The molecule has 1 aliphatic rings. The lowest BCUT2D eigenvalue weighted by Crippen LogP contribution is -2.50. The Labute approximate surface area is 116 Å². The standard InChI is InChI=1S/C14H18N4O2/c1-8-3-4-15-7-12(8)17-13(19)10-5-11-9(2)18-20-14(11)16-6-10/h5-6,8,12,15H,3-4,7H2,1-2H3,(H,17,19). The molecule has 0 saturated carbocycles. The van der Waals surface area contributed by atoms with Crippen molar-refractivity contribution >= 4 is 17.0 Å². The Kier molecular flexibility index (Phi) is 3.40. The molecule has 2 aromatic rings. The van der Waals surface area contributed by atoms with E-state index < -0.39 is 0 Å². The first-order valence-corrected chi connectivity index (χ1v) is 6.89. The summed E-state index contributed by atoms with van der Waals surface area (Å²) in [5, 5.41) is 11.0. The lowest BCUT2D eigenvalue weighted by Gasteiger charge is -2.30. The van der Waals surface area contributed by atoms with Crippen molar-refractivity contribution in [1.82, 2.24) is 20.8 Å². The summed E-state index contributed by atoms with van der Waals surface area (Å²) in [4.78, 5) is 16.4. The van der Waals surface area contributed by atoms with Gasteiger partial charge < -0.3 is 15.2 Å². The first-order valence-electron chi connectivity index (χ1n) is 6.89. The zero-order valence-electron chi connectivity index (χ0n) is 11.6. The SMILES string of the molecule is Cc1noc2ncc(C(=O)NC3CNCCC3C)cc12. The number of hydrogen-bond donors (Lipinski definition) is 2. The average Bonchev–Trinajstić information content (AvgIpc) is 2.82. The Morgan fingerprint density at radius 2 is 2.40 bits per heavy atom. The topological polar surface area (TPSA) is 80.0 Å². The number of nitrogens with one attached hydrogen (secondary N) is 2. The third-order valence-electron chi connectivity index (χ3n) is 3.92. The summed E-state index contributed by atoms with van der Waals surface area (Å²) < 4.78 is 5.05. The van der Waals surface area contributed by atoms with Crippen molar-refractivity contribution in [1.29, 1.82) is 0 Å². The van der Waals surface area contributed by atoms with E-state index in [4.69, 9.17) is 4.52 Å². The highest BCUT2D eigenvalue weighted by Gasteiger charge is 2.23. The van der Waals surface area contributed by atoms with Crippen LogP contribution < -0.4 is 10.6 Å². The van der Waals surface area contributed by atoms with E-state index in [9.17, 15) is 4.79 Å². The van der Waals surface area contributed by atoms with Gasteiger partial charge in [0.15, 0.2) is 0 Å². The molecule has 1 amide bonds. The molecule has 0 bridgehead atoms. The molecule has 6 nitrogen and oxygen atoms in total. The van der Waals surface area contributed by atoms with Gasteiger partial charge in [0.25, 0.3) is 11.6 Å². The summed E-state index contributed by atoms with van der Waals surface area (Å²) in [6, 6.07) is 1.94. The fourth-order valence-electron chi connectivity index (χ4n) is 2.50. The van der Waals surface area contributed by atoms with Crippen molar-refractivity contribution < 1.29 is 9.32 Å². The maximum Gasteiger partial charge on any atom is 0.257 e. The Hall–Kier alpha value is -1.95. The lowest BCUT2D eigenvalue weighted by atomic mass is 9.94. The van der Waals surface area contributed by atoms with Gasteiger partial charge in [-0.2, -0.15) is 0 Å². The van der Waals surface area contributed by atoms with Crippen LogP contribution in [-0.2, 0) is 0 Å². The second kappa shape index (κ2) is 5.20. The molecule has 1 aliphatic heterocycles. The number of rotatable bonds is 2. The molecule has 2 N–H and O–H groups in total. The Bertz CT molecular complexity index is 637. The molecule has 2 atom stereocenters. The first kappa shape index (κ1) is 13.1. The Morgan fingerprint density at radius 3 is 3.20 bits per heavy atom. The predicted molar refractivity (Wildman–Crippen MR) is 74.4 cm³/mol. The zero-order chi connectivity index (χ0) is 14.1. The van der Waals surface area contributed by atoms with Crippen LogP contribution in [-0.4, -0.2) is 35.2 Å². The number of aromatic nitrogens is 2. The molecule has 3 rings (SSSR count). The number of pyridine rings is 1. The molecule has 6 heteroatoms. The van der Waals surface area contributed by atoms with E-state index in [1.54, 1.807) is 6.07 Å². The van der Waals surface area contributed by atoms with Gasteiger partial charge in [-0.1, -0.05) is 12.1 Å². The van der Waals surface area contributed by atoms with Gasteiger partial charge >= 0.3 is 0 Å². The van der Waals surface area contributed by atoms with E-state index in [-0.39, 0.29) is 11.9 Å². The third kappa shape index (κ3) is 2.38. The molecule has 0 radical (unpaired) electrons. The van der Waals surface area contributed by atoms with Gasteiger partial charge in [-0.3, -0.25) is 4.79 Å². The highest BCUT2D eigenvalue weighted by molar-refractivity contribution is 5.97. The van der Waals surface area contributed by atoms with Crippen LogP contribution in [0.1, 0.15) is 29.4 Å². The fourth-order valence-corrected chi connectivity index (χ4v) is 2.50. The summed E-state index contributed by atoms with van der Waals surface area (Å²) >= 11 is 0. The summed E-state index contributed by atoms with van der Waals surface area (Å²) in [5.41, 5.74) is 1.75. The van der Waals surface area contributed by atoms with Crippen molar-refractivity contribution in [2.75, 3.05) is 13.1 Å². The normalized spacial score (nSPS) is 22.9. The lowest BCUT2D eigenvalue weighted by molar-refractivity contribution is 0.0915. The Morgan fingerprint density at radius 1 is 1.55 bits per heavy atom. The zero-order valence-corrected chi connectivity index (χ0v) is 11.6. The predicted octanol–water partition coefficient (Wildman–Crippen LogP) is 1.26. The molecule has 1 fully saturated rings. The average molecular weight is 274 g/mol. The van der Waals surface area contributed by atoms with E-state index in [1.807, 2.05) is 6.92 Å². The summed E-state index contributed by atoms with van der Waals surface area (Å²) in [6.07, 6.45) is 2.61. The third-order valence-corrected chi connectivity index (χ3v) is 3.92.